The highest BCUT2D eigenvalue weighted by molar-refractivity contribution is 5.53. The molecular weight excluding hydrogens is 180 g/mol. The molecule has 0 heteroatoms. The van der Waals surface area contributed by atoms with E-state index in [0.717, 1.165) is 0 Å². The summed E-state index contributed by atoms with van der Waals surface area (Å²) in [7, 11) is 0. The molecule has 0 N–H and O–H groups in total. The standard InChI is InChI=1S/C15H22/c1-4-5-8-14-9-6-7-10-15(14)12-11-13(2)3/h6-7,9-13H,4-5,8H2,1-3H3. The zero-order valence-electron chi connectivity index (χ0n) is 10.2. The van der Waals surface area contributed by atoms with E-state index in [-0.39, 0.29) is 0 Å². The molecule has 82 valence electrons. The number of allylic oxidation sites excluding steroid dienone is 1. The lowest BCUT2D eigenvalue weighted by molar-refractivity contribution is 0.793. The molecule has 0 aliphatic heterocycles. The lowest BCUT2D eigenvalue weighted by Gasteiger charge is -2.05. The van der Waals surface area contributed by atoms with Crippen LogP contribution in [-0.2, 0) is 6.42 Å². The third-order valence-corrected chi connectivity index (χ3v) is 2.52. The van der Waals surface area contributed by atoms with Crippen LogP contribution >= 0.6 is 0 Å². The fourth-order valence-corrected chi connectivity index (χ4v) is 1.59. The summed E-state index contributed by atoms with van der Waals surface area (Å²) in [4.78, 5) is 0. The van der Waals surface area contributed by atoms with Crippen molar-refractivity contribution in [2.45, 2.75) is 40.0 Å². The highest BCUT2D eigenvalue weighted by Crippen LogP contribution is 2.14. The minimum atomic E-state index is 0.629. The van der Waals surface area contributed by atoms with Crippen LogP contribution in [0.1, 0.15) is 44.7 Å². The van der Waals surface area contributed by atoms with Crippen LogP contribution < -0.4 is 0 Å². The molecule has 0 saturated heterocycles. The summed E-state index contributed by atoms with van der Waals surface area (Å²) in [5.41, 5.74) is 2.87. The van der Waals surface area contributed by atoms with Crippen LogP contribution in [0.25, 0.3) is 6.08 Å². The van der Waals surface area contributed by atoms with Crippen molar-refractivity contribution in [1.82, 2.24) is 0 Å². The van der Waals surface area contributed by atoms with Gasteiger partial charge in [-0.25, -0.2) is 0 Å². The van der Waals surface area contributed by atoms with Gasteiger partial charge < -0.3 is 0 Å². The van der Waals surface area contributed by atoms with Crippen molar-refractivity contribution in [3.05, 3.63) is 41.5 Å². The number of rotatable bonds is 5. The van der Waals surface area contributed by atoms with E-state index in [0.29, 0.717) is 5.92 Å². The molecule has 0 fully saturated rings. The van der Waals surface area contributed by atoms with Crippen molar-refractivity contribution in [3.63, 3.8) is 0 Å². The van der Waals surface area contributed by atoms with E-state index in [1.165, 1.54) is 30.4 Å². The lowest BCUT2D eigenvalue weighted by Crippen LogP contribution is -1.89. The number of aryl methyl sites for hydroxylation is 1. The van der Waals surface area contributed by atoms with Gasteiger partial charge in [0.25, 0.3) is 0 Å². The SMILES string of the molecule is CCCCc1ccccc1C=CC(C)C. The van der Waals surface area contributed by atoms with Crippen molar-refractivity contribution in [2.75, 3.05) is 0 Å². The fraction of sp³-hybridized carbons (Fsp3) is 0.467. The maximum absolute atomic E-state index is 2.27. The van der Waals surface area contributed by atoms with E-state index in [1.807, 2.05) is 0 Å². The van der Waals surface area contributed by atoms with Crippen molar-refractivity contribution in [3.8, 4) is 0 Å². The summed E-state index contributed by atoms with van der Waals surface area (Å²) in [5.74, 6) is 0.629. The molecule has 0 amide bonds. The van der Waals surface area contributed by atoms with Gasteiger partial charge in [-0.1, -0.05) is 63.6 Å². The van der Waals surface area contributed by atoms with Gasteiger partial charge in [0.1, 0.15) is 0 Å². The average Bonchev–Trinajstić information content (AvgIpc) is 2.24. The van der Waals surface area contributed by atoms with Gasteiger partial charge >= 0.3 is 0 Å². The molecule has 0 nitrogen and oxygen atoms in total. The van der Waals surface area contributed by atoms with E-state index >= 15 is 0 Å². The Kier molecular flexibility index (Phi) is 5.17. The molecule has 0 saturated carbocycles. The quantitative estimate of drug-likeness (QED) is 0.649. The maximum Gasteiger partial charge on any atom is -0.0228 e. The summed E-state index contributed by atoms with van der Waals surface area (Å²) in [5, 5.41) is 0. The zero-order valence-corrected chi connectivity index (χ0v) is 10.2. The first-order chi connectivity index (χ1) is 7.24. The number of hydrogen-bond acceptors (Lipinski definition) is 0. The topological polar surface area (TPSA) is 0 Å². The minimum Gasteiger partial charge on any atom is -0.0814 e. The Bertz CT molecular complexity index is 308. The van der Waals surface area contributed by atoms with E-state index in [9.17, 15) is 0 Å². The molecule has 1 aromatic carbocycles. The molecule has 0 bridgehead atoms. The Morgan fingerprint density at radius 1 is 1.20 bits per heavy atom. The first-order valence-corrected chi connectivity index (χ1v) is 6.00. The highest BCUT2D eigenvalue weighted by Gasteiger charge is 1.97. The molecule has 15 heavy (non-hydrogen) atoms. The summed E-state index contributed by atoms with van der Waals surface area (Å²) in [6, 6.07) is 8.71. The Morgan fingerprint density at radius 2 is 1.93 bits per heavy atom. The van der Waals surface area contributed by atoms with Crippen LogP contribution in [0.3, 0.4) is 0 Å². The number of benzene rings is 1. The number of hydrogen-bond donors (Lipinski definition) is 0. The Labute approximate surface area is 94.0 Å². The predicted molar refractivity (Wildman–Crippen MR) is 68.9 cm³/mol. The molecule has 0 aliphatic carbocycles. The van der Waals surface area contributed by atoms with Gasteiger partial charge in [-0.15, -0.1) is 0 Å². The molecule has 0 spiro atoms. The lowest BCUT2D eigenvalue weighted by atomic mass is 10.0. The van der Waals surface area contributed by atoms with Gasteiger partial charge in [0.05, 0.1) is 0 Å². The van der Waals surface area contributed by atoms with Gasteiger partial charge in [0.15, 0.2) is 0 Å². The summed E-state index contributed by atoms with van der Waals surface area (Å²) < 4.78 is 0. The third kappa shape index (κ3) is 4.33. The first kappa shape index (κ1) is 12.0. The van der Waals surface area contributed by atoms with E-state index in [2.05, 4.69) is 57.2 Å². The van der Waals surface area contributed by atoms with E-state index in [4.69, 9.17) is 0 Å². The Morgan fingerprint density at radius 3 is 2.60 bits per heavy atom. The van der Waals surface area contributed by atoms with Crippen LogP contribution in [-0.4, -0.2) is 0 Å². The molecule has 1 rings (SSSR count). The largest absolute Gasteiger partial charge is 0.0814 e. The average molecular weight is 202 g/mol. The Hall–Kier alpha value is -1.04. The van der Waals surface area contributed by atoms with E-state index < -0.39 is 0 Å². The minimum absolute atomic E-state index is 0.629. The zero-order chi connectivity index (χ0) is 11.1. The summed E-state index contributed by atoms with van der Waals surface area (Å²) >= 11 is 0. The third-order valence-electron chi connectivity index (χ3n) is 2.52. The second-order valence-electron chi connectivity index (χ2n) is 4.41. The molecule has 0 atom stereocenters. The molecule has 1 aromatic rings. The molecule has 0 heterocycles. The molecule has 0 aromatic heterocycles. The molecule has 0 unspecified atom stereocenters. The second-order valence-corrected chi connectivity index (χ2v) is 4.41. The smallest absolute Gasteiger partial charge is 0.0228 e. The molecular formula is C15H22. The van der Waals surface area contributed by atoms with Gasteiger partial charge in [-0.3, -0.25) is 0 Å². The summed E-state index contributed by atoms with van der Waals surface area (Å²) in [6.45, 7) is 6.67. The predicted octanol–water partition coefficient (Wildman–Crippen LogP) is 4.70. The summed E-state index contributed by atoms with van der Waals surface area (Å²) in [6.07, 6.45) is 8.28. The number of unbranched alkanes of at least 4 members (excludes halogenated alkanes) is 1. The van der Waals surface area contributed by atoms with Crippen molar-refractivity contribution in [1.29, 1.82) is 0 Å². The molecule has 0 radical (unpaired) electrons. The monoisotopic (exact) mass is 202 g/mol. The fourth-order valence-electron chi connectivity index (χ4n) is 1.59. The van der Waals surface area contributed by atoms with Gasteiger partial charge in [0.2, 0.25) is 0 Å². The van der Waals surface area contributed by atoms with Crippen LogP contribution in [0.2, 0.25) is 0 Å². The van der Waals surface area contributed by atoms with Crippen molar-refractivity contribution < 1.29 is 0 Å². The van der Waals surface area contributed by atoms with Gasteiger partial charge in [-0.05, 0) is 29.9 Å². The normalized spacial score (nSPS) is 11.5. The van der Waals surface area contributed by atoms with Crippen molar-refractivity contribution >= 4 is 6.08 Å². The maximum atomic E-state index is 2.27. The van der Waals surface area contributed by atoms with Crippen molar-refractivity contribution in [2.24, 2.45) is 5.92 Å². The van der Waals surface area contributed by atoms with Gasteiger partial charge in [-0.2, -0.15) is 0 Å². The van der Waals surface area contributed by atoms with E-state index in [1.54, 1.807) is 0 Å². The Balaban J connectivity index is 2.76. The van der Waals surface area contributed by atoms with Gasteiger partial charge in [0, 0.05) is 0 Å². The highest BCUT2D eigenvalue weighted by atomic mass is 14.0. The van der Waals surface area contributed by atoms with Crippen LogP contribution in [0.5, 0.6) is 0 Å². The van der Waals surface area contributed by atoms with Crippen LogP contribution in [0.4, 0.5) is 0 Å². The molecule has 0 aliphatic rings. The van der Waals surface area contributed by atoms with Crippen LogP contribution in [0.15, 0.2) is 30.3 Å². The van der Waals surface area contributed by atoms with Crippen LogP contribution in [0, 0.1) is 5.92 Å². The first-order valence-electron chi connectivity index (χ1n) is 6.00. The second kappa shape index (κ2) is 6.44.